The first kappa shape index (κ1) is 27.0. The summed E-state index contributed by atoms with van der Waals surface area (Å²) in [6, 6.07) is 24.7. The van der Waals surface area contributed by atoms with Gasteiger partial charge in [-0.25, -0.2) is 9.40 Å². The lowest BCUT2D eigenvalue weighted by Gasteiger charge is -2.53. The molecule has 2 aliphatic heterocycles. The summed E-state index contributed by atoms with van der Waals surface area (Å²) in [5.74, 6) is -0.470. The monoisotopic (exact) mass is 517 g/mol. The van der Waals surface area contributed by atoms with Gasteiger partial charge in [-0.05, 0) is 35.9 Å². The lowest BCUT2D eigenvalue weighted by atomic mass is 9.98. The van der Waals surface area contributed by atoms with Crippen LogP contribution in [0.3, 0.4) is 0 Å². The van der Waals surface area contributed by atoms with Crippen LogP contribution < -0.4 is 5.32 Å². The Labute approximate surface area is 222 Å². The van der Waals surface area contributed by atoms with Gasteiger partial charge < -0.3 is 15.1 Å². The summed E-state index contributed by atoms with van der Waals surface area (Å²) in [6.45, 7) is 1.55. The Bertz CT molecular complexity index is 1230. The molecule has 2 saturated heterocycles. The summed E-state index contributed by atoms with van der Waals surface area (Å²) in [4.78, 5) is 41.3. The zero-order valence-corrected chi connectivity index (χ0v) is 21.5. The molecular formula is C29H32FN5O3. The summed E-state index contributed by atoms with van der Waals surface area (Å²) in [5.41, 5.74) is 2.85. The van der Waals surface area contributed by atoms with Crippen molar-refractivity contribution in [1.82, 2.24) is 25.1 Å². The van der Waals surface area contributed by atoms with Gasteiger partial charge in [0.2, 0.25) is 12.3 Å². The van der Waals surface area contributed by atoms with Gasteiger partial charge in [-0.1, -0.05) is 72.8 Å². The second-order valence-electron chi connectivity index (χ2n) is 9.26. The van der Waals surface area contributed by atoms with Gasteiger partial charge in [-0.3, -0.25) is 19.4 Å². The molecular weight excluding hydrogens is 485 g/mol. The first-order chi connectivity index (χ1) is 18.4. The van der Waals surface area contributed by atoms with E-state index in [1.54, 1.807) is 34.0 Å². The number of amides is 3. The number of hydrogen-bond donors (Lipinski definition) is 1. The second-order valence-corrected chi connectivity index (χ2v) is 9.26. The molecule has 38 heavy (non-hydrogen) atoms. The molecule has 2 atom stereocenters. The number of nitrogens with one attached hydrogen (secondary N) is 1. The maximum Gasteiger partial charge on any atom is 0.250 e. The number of hydrogen-bond acceptors (Lipinski definition) is 5. The molecule has 3 aromatic rings. The first-order valence-electron chi connectivity index (χ1n) is 12.5. The van der Waals surface area contributed by atoms with Crippen LogP contribution in [0.25, 0.3) is 0 Å². The van der Waals surface area contributed by atoms with Gasteiger partial charge >= 0.3 is 0 Å². The summed E-state index contributed by atoms with van der Waals surface area (Å²) in [7, 11) is 3.57. The van der Waals surface area contributed by atoms with Crippen molar-refractivity contribution < 1.29 is 18.8 Å². The molecule has 3 amide bonds. The van der Waals surface area contributed by atoms with Crippen LogP contribution in [-0.2, 0) is 27.5 Å². The molecule has 8 nitrogen and oxygen atoms in total. The van der Waals surface area contributed by atoms with Gasteiger partial charge in [0.15, 0.2) is 0 Å². The Morgan fingerprint density at radius 1 is 0.921 bits per heavy atom. The molecule has 0 spiro atoms. The molecule has 5 rings (SSSR count). The van der Waals surface area contributed by atoms with Gasteiger partial charge in [0.25, 0.3) is 5.91 Å². The molecule has 9 heteroatoms. The zero-order chi connectivity index (χ0) is 27.1. The lowest BCUT2D eigenvalue weighted by Crippen LogP contribution is -2.71. The summed E-state index contributed by atoms with van der Waals surface area (Å²) >= 11 is 0. The molecule has 0 saturated carbocycles. The average molecular weight is 518 g/mol. The van der Waals surface area contributed by atoms with Crippen molar-refractivity contribution in [1.29, 1.82) is 0 Å². The average Bonchev–Trinajstić information content (AvgIpc) is 2.93. The summed E-state index contributed by atoms with van der Waals surface area (Å²) < 4.78 is 12.3. The lowest BCUT2D eigenvalue weighted by molar-refractivity contribution is -0.197. The van der Waals surface area contributed by atoms with E-state index in [2.05, 4.69) is 5.32 Å². The van der Waals surface area contributed by atoms with Crippen LogP contribution in [0, 0.1) is 5.82 Å². The molecule has 0 aliphatic carbocycles. The van der Waals surface area contributed by atoms with Crippen LogP contribution in [-0.4, -0.2) is 71.4 Å². The molecule has 2 heterocycles. The molecule has 2 fully saturated rings. The largest absolute Gasteiger partial charge is 0.332 e. The Hall–Kier alpha value is -4.08. The van der Waals surface area contributed by atoms with E-state index in [4.69, 9.17) is 0 Å². The number of hydrazine groups is 1. The highest BCUT2D eigenvalue weighted by Crippen LogP contribution is 2.34. The van der Waals surface area contributed by atoms with E-state index >= 15 is 0 Å². The second kappa shape index (κ2) is 12.4. The zero-order valence-electron chi connectivity index (χ0n) is 21.5. The number of fused-ring (bicyclic) bond motifs is 1. The van der Waals surface area contributed by atoms with Crippen molar-refractivity contribution in [3.05, 3.63) is 107 Å². The quantitative estimate of drug-likeness (QED) is 0.509. The van der Waals surface area contributed by atoms with Crippen molar-refractivity contribution in [3.63, 3.8) is 0 Å². The standard InChI is InChI=1S/C21H22N4O3.C8H10FN/c1-22-14-19(27)25-18(24(22)15-26)13-23(12-16-8-4-2-5-9-16)21(28)20(25)17-10-6-3-7-11-17;1-10-6-7-2-4-8(9)5-3-7/h2-11,15,18,20H,12-14H2,1H3;2-5,10H,6H2,1H3/t18?,20-;/m0./s1. The third kappa shape index (κ3) is 6.07. The molecule has 1 N–H and O–H groups in total. The van der Waals surface area contributed by atoms with Gasteiger partial charge in [0.1, 0.15) is 18.0 Å². The number of likely N-dealkylation sites (N-methyl/N-ethyl adjacent to an activating group) is 1. The fraction of sp³-hybridized carbons (Fsp3) is 0.276. The Morgan fingerprint density at radius 2 is 1.55 bits per heavy atom. The third-order valence-electron chi connectivity index (χ3n) is 6.61. The predicted octanol–water partition coefficient (Wildman–Crippen LogP) is 2.79. The van der Waals surface area contributed by atoms with Gasteiger partial charge in [-0.2, -0.15) is 0 Å². The van der Waals surface area contributed by atoms with Crippen molar-refractivity contribution in [3.8, 4) is 0 Å². The van der Waals surface area contributed by atoms with Crippen LogP contribution in [0.5, 0.6) is 0 Å². The van der Waals surface area contributed by atoms with Crippen molar-refractivity contribution in [2.45, 2.75) is 25.3 Å². The van der Waals surface area contributed by atoms with Crippen LogP contribution in [0.1, 0.15) is 22.7 Å². The number of carbonyl (C=O) groups excluding carboxylic acids is 3. The number of halogens is 1. The molecule has 1 unspecified atom stereocenters. The minimum atomic E-state index is -0.743. The molecule has 3 aromatic carbocycles. The summed E-state index contributed by atoms with van der Waals surface area (Å²) in [5, 5.41) is 6.09. The van der Waals surface area contributed by atoms with Crippen LogP contribution in [0.2, 0.25) is 0 Å². The Balaban J connectivity index is 0.000000283. The first-order valence-corrected chi connectivity index (χ1v) is 12.5. The van der Waals surface area contributed by atoms with E-state index in [0.717, 1.165) is 29.6 Å². The molecule has 0 radical (unpaired) electrons. The maximum atomic E-state index is 13.4. The number of carbonyl (C=O) groups is 3. The van der Waals surface area contributed by atoms with Gasteiger partial charge in [-0.15, -0.1) is 0 Å². The van der Waals surface area contributed by atoms with Gasteiger partial charge in [0, 0.05) is 20.1 Å². The molecule has 0 bridgehead atoms. The number of rotatable bonds is 6. The SMILES string of the molecule is CN1CC(=O)N2C(CN(Cc3ccccc3)C(=O)[C@@H]2c2ccccc2)N1C=O.CNCc1ccc(F)cc1. The van der Waals surface area contributed by atoms with Crippen molar-refractivity contribution in [2.24, 2.45) is 0 Å². The smallest absolute Gasteiger partial charge is 0.250 e. The van der Waals surface area contributed by atoms with Gasteiger partial charge in [0.05, 0.1) is 13.1 Å². The minimum absolute atomic E-state index is 0.0601. The van der Waals surface area contributed by atoms with E-state index in [9.17, 15) is 18.8 Å². The highest BCUT2D eigenvalue weighted by molar-refractivity contribution is 5.91. The Morgan fingerprint density at radius 3 is 2.16 bits per heavy atom. The van der Waals surface area contributed by atoms with Crippen LogP contribution in [0.4, 0.5) is 4.39 Å². The maximum absolute atomic E-state index is 13.4. The van der Waals surface area contributed by atoms with E-state index in [1.807, 2.05) is 67.7 Å². The fourth-order valence-electron chi connectivity index (χ4n) is 4.79. The summed E-state index contributed by atoms with van der Waals surface area (Å²) in [6.07, 6.45) is 0.193. The van der Waals surface area contributed by atoms with Crippen LogP contribution >= 0.6 is 0 Å². The highest BCUT2D eigenvalue weighted by Gasteiger charge is 2.49. The van der Waals surface area contributed by atoms with E-state index < -0.39 is 12.2 Å². The van der Waals surface area contributed by atoms with Crippen molar-refractivity contribution in [2.75, 3.05) is 27.2 Å². The molecule has 2 aliphatic rings. The third-order valence-corrected chi connectivity index (χ3v) is 6.61. The molecule has 0 aromatic heterocycles. The predicted molar refractivity (Wildman–Crippen MR) is 141 cm³/mol. The molecule has 198 valence electrons. The van der Waals surface area contributed by atoms with E-state index in [-0.39, 0.29) is 30.7 Å². The van der Waals surface area contributed by atoms with E-state index in [0.29, 0.717) is 6.54 Å². The Kier molecular flexibility index (Phi) is 8.83. The topological polar surface area (TPSA) is 76.2 Å². The van der Waals surface area contributed by atoms with Crippen LogP contribution in [0.15, 0.2) is 84.9 Å². The highest BCUT2D eigenvalue weighted by atomic mass is 19.1. The number of nitrogens with zero attached hydrogens (tertiary/aromatic N) is 4. The fourth-order valence-corrected chi connectivity index (χ4v) is 4.79. The number of benzene rings is 3. The minimum Gasteiger partial charge on any atom is -0.332 e. The number of piperazine rings is 1. The van der Waals surface area contributed by atoms with E-state index in [1.165, 1.54) is 17.1 Å². The normalized spacial score (nSPS) is 19.5. The van der Waals surface area contributed by atoms with Crippen molar-refractivity contribution >= 4 is 18.2 Å².